The highest BCUT2D eigenvalue weighted by molar-refractivity contribution is 6.04. The molecular weight excluding hydrogens is 346 g/mol. The third-order valence-corrected chi connectivity index (χ3v) is 5.72. The van der Waals surface area contributed by atoms with Gasteiger partial charge in [-0.3, -0.25) is 14.9 Å². The highest BCUT2D eigenvalue weighted by Gasteiger charge is 2.34. The molecule has 27 heavy (non-hydrogen) atoms. The molecule has 0 aromatic carbocycles. The van der Waals surface area contributed by atoms with Crippen molar-refractivity contribution in [3.05, 3.63) is 17.3 Å². The average Bonchev–Trinajstić information content (AvgIpc) is 2.72. The number of fused-ring (bicyclic) bond motifs is 1. The zero-order chi connectivity index (χ0) is 18.6. The van der Waals surface area contributed by atoms with Crippen molar-refractivity contribution in [2.75, 3.05) is 32.8 Å². The number of hydrogen-bond acceptors (Lipinski definition) is 6. The molecule has 1 unspecified atom stereocenters. The molecule has 2 fully saturated rings. The third kappa shape index (κ3) is 4.21. The minimum atomic E-state index is -0.739. The number of nitrogens with one attached hydrogen (secondary N) is 2. The summed E-state index contributed by atoms with van der Waals surface area (Å²) in [5, 5.41) is 14.2. The van der Waals surface area contributed by atoms with Crippen LogP contribution in [0.5, 0.6) is 5.88 Å². The largest absolute Gasteiger partial charge is 0.476 e. The number of hydrogen-bond donors (Lipinski definition) is 2. The van der Waals surface area contributed by atoms with Gasteiger partial charge in [-0.2, -0.15) is 5.10 Å². The summed E-state index contributed by atoms with van der Waals surface area (Å²) in [6.45, 7) is 3.13. The lowest BCUT2D eigenvalue weighted by Crippen LogP contribution is -2.60. The van der Waals surface area contributed by atoms with Gasteiger partial charge in [0.25, 0.3) is 0 Å². The van der Waals surface area contributed by atoms with Gasteiger partial charge in [0, 0.05) is 32.2 Å². The first-order chi connectivity index (χ1) is 13.2. The fourth-order valence-corrected chi connectivity index (χ4v) is 4.04. The summed E-state index contributed by atoms with van der Waals surface area (Å²) in [4.78, 5) is 26.2. The van der Waals surface area contributed by atoms with Gasteiger partial charge in [-0.15, -0.1) is 5.10 Å². The number of aromatic nitrogens is 2. The van der Waals surface area contributed by atoms with E-state index in [0.29, 0.717) is 44.6 Å². The van der Waals surface area contributed by atoms with Crippen molar-refractivity contribution in [1.29, 1.82) is 0 Å². The lowest BCUT2D eigenvalue weighted by atomic mass is 9.96. The normalized spacial score (nSPS) is 23.5. The number of likely N-dealkylation sites (tertiary alicyclic amines) is 1. The van der Waals surface area contributed by atoms with E-state index < -0.39 is 6.04 Å². The van der Waals surface area contributed by atoms with Gasteiger partial charge < -0.3 is 15.0 Å². The number of ether oxygens (including phenoxy) is 1. The Morgan fingerprint density at radius 3 is 2.81 bits per heavy atom. The van der Waals surface area contributed by atoms with Crippen molar-refractivity contribution in [2.24, 2.45) is 5.92 Å². The van der Waals surface area contributed by atoms with Crippen LogP contribution in [0.1, 0.15) is 36.9 Å². The van der Waals surface area contributed by atoms with Crippen LogP contribution < -0.4 is 15.4 Å². The van der Waals surface area contributed by atoms with Crippen molar-refractivity contribution in [3.8, 4) is 5.88 Å². The number of piperazine rings is 1. The second-order valence-electron chi connectivity index (χ2n) is 7.62. The van der Waals surface area contributed by atoms with E-state index in [4.69, 9.17) is 4.74 Å². The minimum Gasteiger partial charge on any atom is -0.476 e. The molecule has 1 aromatic rings. The summed E-state index contributed by atoms with van der Waals surface area (Å²) in [7, 11) is 0. The van der Waals surface area contributed by atoms with E-state index in [1.807, 2.05) is 6.07 Å². The first kappa shape index (κ1) is 18.2. The first-order valence-electron chi connectivity index (χ1n) is 9.99. The van der Waals surface area contributed by atoms with Crippen LogP contribution in [0.4, 0.5) is 0 Å². The molecule has 2 N–H and O–H groups in total. The lowest BCUT2D eigenvalue weighted by molar-refractivity contribution is -0.141. The Labute approximate surface area is 159 Å². The van der Waals surface area contributed by atoms with Crippen molar-refractivity contribution in [1.82, 2.24) is 25.7 Å². The van der Waals surface area contributed by atoms with E-state index >= 15 is 0 Å². The SMILES string of the molecule is O=C1NCCNC1C(=O)N1CCC(COc2cc3c(nn2)CCCC3)CC1. The maximum Gasteiger partial charge on any atom is 0.249 e. The topological polar surface area (TPSA) is 96.5 Å². The smallest absolute Gasteiger partial charge is 0.249 e. The molecule has 2 saturated heterocycles. The summed E-state index contributed by atoms with van der Waals surface area (Å²) in [6.07, 6.45) is 6.22. The van der Waals surface area contributed by atoms with Gasteiger partial charge in [0.2, 0.25) is 17.7 Å². The average molecular weight is 373 g/mol. The predicted octanol–water partition coefficient (Wildman–Crippen LogP) is 0.0608. The molecule has 1 aliphatic carbocycles. The monoisotopic (exact) mass is 373 g/mol. The number of amides is 2. The molecule has 8 nitrogen and oxygen atoms in total. The zero-order valence-electron chi connectivity index (χ0n) is 15.6. The first-order valence-corrected chi connectivity index (χ1v) is 9.99. The van der Waals surface area contributed by atoms with Crippen molar-refractivity contribution >= 4 is 11.8 Å². The maximum atomic E-state index is 12.5. The van der Waals surface area contributed by atoms with Crippen LogP contribution in [-0.4, -0.2) is 65.7 Å². The molecule has 0 bridgehead atoms. The molecule has 146 valence electrons. The zero-order valence-corrected chi connectivity index (χ0v) is 15.6. The number of rotatable bonds is 4. The van der Waals surface area contributed by atoms with Gasteiger partial charge in [-0.05, 0) is 50.0 Å². The van der Waals surface area contributed by atoms with E-state index in [0.717, 1.165) is 31.4 Å². The summed E-state index contributed by atoms with van der Waals surface area (Å²) in [5.41, 5.74) is 2.38. The standard InChI is InChI=1S/C19H27N5O3/c25-18-17(20-7-8-21-18)19(26)24-9-5-13(6-10-24)12-27-16-11-14-3-1-2-4-15(14)22-23-16/h11,13,17,20H,1-10,12H2,(H,21,25). The van der Waals surface area contributed by atoms with Crippen LogP contribution in [0.2, 0.25) is 0 Å². The molecule has 2 amide bonds. The molecule has 3 heterocycles. The number of carbonyl (C=O) groups is 2. The Morgan fingerprint density at radius 2 is 2.00 bits per heavy atom. The van der Waals surface area contributed by atoms with Crippen LogP contribution in [0.25, 0.3) is 0 Å². The second kappa shape index (κ2) is 8.21. The van der Waals surface area contributed by atoms with Crippen LogP contribution in [-0.2, 0) is 22.4 Å². The van der Waals surface area contributed by atoms with Gasteiger partial charge in [0.1, 0.15) is 0 Å². The molecule has 2 aliphatic heterocycles. The van der Waals surface area contributed by atoms with E-state index in [1.54, 1.807) is 4.90 Å². The molecule has 0 saturated carbocycles. The molecule has 8 heteroatoms. The predicted molar refractivity (Wildman–Crippen MR) is 98.3 cm³/mol. The van der Waals surface area contributed by atoms with Crippen LogP contribution in [0, 0.1) is 5.92 Å². The van der Waals surface area contributed by atoms with Crippen LogP contribution >= 0.6 is 0 Å². The Kier molecular flexibility index (Phi) is 5.52. The van der Waals surface area contributed by atoms with Crippen LogP contribution in [0.15, 0.2) is 6.07 Å². The van der Waals surface area contributed by atoms with Crippen molar-refractivity contribution < 1.29 is 14.3 Å². The molecule has 0 spiro atoms. The molecule has 4 rings (SSSR count). The number of piperidine rings is 1. The Hall–Kier alpha value is -2.22. The highest BCUT2D eigenvalue weighted by atomic mass is 16.5. The summed E-state index contributed by atoms with van der Waals surface area (Å²) in [6, 6.07) is 1.30. The summed E-state index contributed by atoms with van der Waals surface area (Å²) in [5.74, 6) is 0.659. The molecule has 3 aliphatic rings. The minimum absolute atomic E-state index is 0.118. The Balaban J connectivity index is 1.25. The van der Waals surface area contributed by atoms with E-state index in [2.05, 4.69) is 20.8 Å². The second-order valence-corrected chi connectivity index (χ2v) is 7.62. The maximum absolute atomic E-state index is 12.5. The fraction of sp³-hybridized carbons (Fsp3) is 0.684. The van der Waals surface area contributed by atoms with Crippen LogP contribution in [0.3, 0.4) is 0 Å². The van der Waals surface area contributed by atoms with E-state index in [1.165, 1.54) is 18.4 Å². The lowest BCUT2D eigenvalue weighted by Gasteiger charge is -2.34. The molecule has 0 radical (unpaired) electrons. The number of aryl methyl sites for hydroxylation is 2. The van der Waals surface area contributed by atoms with Gasteiger partial charge in [0.05, 0.1) is 12.3 Å². The van der Waals surface area contributed by atoms with Gasteiger partial charge in [0.15, 0.2) is 6.04 Å². The Morgan fingerprint density at radius 1 is 1.19 bits per heavy atom. The van der Waals surface area contributed by atoms with E-state index in [-0.39, 0.29) is 11.8 Å². The third-order valence-electron chi connectivity index (χ3n) is 5.72. The van der Waals surface area contributed by atoms with Gasteiger partial charge >= 0.3 is 0 Å². The molecular formula is C19H27N5O3. The molecule has 1 atom stereocenters. The summed E-state index contributed by atoms with van der Waals surface area (Å²) < 4.78 is 5.89. The van der Waals surface area contributed by atoms with Gasteiger partial charge in [-0.25, -0.2) is 0 Å². The summed E-state index contributed by atoms with van der Waals surface area (Å²) >= 11 is 0. The van der Waals surface area contributed by atoms with E-state index in [9.17, 15) is 9.59 Å². The van der Waals surface area contributed by atoms with Gasteiger partial charge in [-0.1, -0.05) is 0 Å². The Bertz CT molecular complexity index is 703. The van der Waals surface area contributed by atoms with Crippen molar-refractivity contribution in [3.63, 3.8) is 0 Å². The van der Waals surface area contributed by atoms with Crippen molar-refractivity contribution in [2.45, 2.75) is 44.6 Å². The molecule has 1 aromatic heterocycles. The fourth-order valence-electron chi connectivity index (χ4n) is 4.04. The quantitative estimate of drug-likeness (QED) is 0.725. The number of nitrogens with zero attached hydrogens (tertiary/aromatic N) is 3. The highest BCUT2D eigenvalue weighted by Crippen LogP contribution is 2.23. The number of carbonyl (C=O) groups excluding carboxylic acids is 2.